The highest BCUT2D eigenvalue weighted by Crippen LogP contribution is 2.40. The molecule has 2 heterocycles. The van der Waals surface area contributed by atoms with Crippen molar-refractivity contribution in [3.63, 3.8) is 0 Å². The molecule has 1 aromatic rings. The van der Waals surface area contributed by atoms with Crippen LogP contribution < -0.4 is 15.8 Å². The van der Waals surface area contributed by atoms with E-state index >= 15 is 0 Å². The number of benzene rings is 1. The molecule has 164 valence electrons. The van der Waals surface area contributed by atoms with Gasteiger partial charge in [-0.2, -0.15) is 0 Å². The van der Waals surface area contributed by atoms with E-state index in [1.165, 1.54) is 18.7 Å². The number of carbonyl (C=O) groups is 4. The van der Waals surface area contributed by atoms with Gasteiger partial charge in [-0.05, 0) is 24.3 Å². The lowest BCUT2D eigenvalue weighted by atomic mass is 10.0. The number of nitrogen functional groups attached to an aromatic ring is 1. The molecular weight excluding hydrogens is 428 g/mol. The molecule has 1 saturated heterocycles. The zero-order valence-electron chi connectivity index (χ0n) is 16.4. The molecule has 11 nitrogen and oxygen atoms in total. The van der Waals surface area contributed by atoms with Crippen molar-refractivity contribution in [1.29, 1.82) is 5.41 Å². The lowest BCUT2D eigenvalue weighted by Gasteiger charge is -2.49. The van der Waals surface area contributed by atoms with Crippen LogP contribution in [0.15, 0.2) is 35.5 Å². The number of thioether (sulfide) groups is 1. The number of nitrogens with two attached hydrogens (primary N) is 1. The summed E-state index contributed by atoms with van der Waals surface area (Å²) in [5.74, 6) is -2.42. The number of aliphatic carboxylic acids is 1. The molecule has 1 aromatic carbocycles. The number of rotatable bonds is 8. The number of carboxylic acid groups (broad SMARTS) is 1. The zero-order chi connectivity index (χ0) is 22.7. The van der Waals surface area contributed by atoms with Crippen LogP contribution in [-0.4, -0.2) is 70.0 Å². The standard InChI is InChI=1S/C19H20N4O7S/c1-9(24)29-6-11-8-31-18-14(17(26)23(18)15(11)19(27)28)22-13(25)7-30-12-4-2-10(3-5-12)16(20)21/h2-5,14,18H,6-8H2,1H3,(H3,20,21)(H,22,25)(H,27,28)/t14-,18-/m1/s1. The molecule has 0 radical (unpaired) electrons. The largest absolute Gasteiger partial charge is 0.484 e. The van der Waals surface area contributed by atoms with Crippen LogP contribution in [0.2, 0.25) is 0 Å². The van der Waals surface area contributed by atoms with Crippen molar-refractivity contribution in [2.45, 2.75) is 18.3 Å². The van der Waals surface area contributed by atoms with Crippen LogP contribution in [0, 0.1) is 5.41 Å². The van der Waals surface area contributed by atoms with Crippen molar-refractivity contribution in [1.82, 2.24) is 10.2 Å². The van der Waals surface area contributed by atoms with Crippen LogP contribution in [0.5, 0.6) is 5.75 Å². The molecule has 2 aliphatic heterocycles. The van der Waals surface area contributed by atoms with Gasteiger partial charge in [0.1, 0.15) is 35.3 Å². The van der Waals surface area contributed by atoms with E-state index in [2.05, 4.69) is 5.32 Å². The smallest absolute Gasteiger partial charge is 0.352 e. The molecule has 5 N–H and O–H groups in total. The van der Waals surface area contributed by atoms with Crippen LogP contribution in [0.4, 0.5) is 0 Å². The van der Waals surface area contributed by atoms with Gasteiger partial charge in [-0.1, -0.05) is 0 Å². The minimum Gasteiger partial charge on any atom is -0.484 e. The second-order valence-electron chi connectivity index (χ2n) is 6.72. The SMILES string of the molecule is CC(=O)OCC1=C(C(=O)O)N2C(=O)[C@@H](NC(=O)COc3ccc(C(=N)N)cc3)[C@H]2SC1. The van der Waals surface area contributed by atoms with E-state index in [0.717, 1.165) is 4.90 Å². The number of hydrogen-bond donors (Lipinski definition) is 4. The summed E-state index contributed by atoms with van der Waals surface area (Å²) < 4.78 is 10.2. The molecule has 0 aliphatic carbocycles. The van der Waals surface area contributed by atoms with Gasteiger partial charge in [-0.15, -0.1) is 11.8 Å². The number of fused-ring (bicyclic) bond motifs is 1. The van der Waals surface area contributed by atoms with Crippen molar-refractivity contribution in [3.8, 4) is 5.75 Å². The van der Waals surface area contributed by atoms with E-state index < -0.39 is 35.2 Å². The monoisotopic (exact) mass is 448 g/mol. The van der Waals surface area contributed by atoms with Gasteiger partial charge in [0, 0.05) is 23.8 Å². The van der Waals surface area contributed by atoms with E-state index in [9.17, 15) is 24.3 Å². The van der Waals surface area contributed by atoms with E-state index in [-0.39, 0.29) is 30.5 Å². The third-order valence-electron chi connectivity index (χ3n) is 4.55. The minimum atomic E-state index is -1.30. The molecule has 0 spiro atoms. The maximum absolute atomic E-state index is 12.5. The summed E-state index contributed by atoms with van der Waals surface area (Å²) in [6.45, 7) is 0.646. The minimum absolute atomic E-state index is 0.0897. The maximum atomic E-state index is 12.5. The lowest BCUT2D eigenvalue weighted by Crippen LogP contribution is -2.71. The second-order valence-corrected chi connectivity index (χ2v) is 7.82. The quantitative estimate of drug-likeness (QED) is 0.179. The number of nitrogens with zero attached hydrogens (tertiary/aromatic N) is 1. The predicted octanol–water partition coefficient (Wildman–Crippen LogP) is -0.349. The van der Waals surface area contributed by atoms with Gasteiger partial charge in [0.25, 0.3) is 11.8 Å². The summed E-state index contributed by atoms with van der Waals surface area (Å²) in [5, 5.41) is 18.8. The van der Waals surface area contributed by atoms with Gasteiger partial charge in [-0.3, -0.25) is 24.7 Å². The van der Waals surface area contributed by atoms with E-state index in [0.29, 0.717) is 16.9 Å². The van der Waals surface area contributed by atoms with Crippen molar-refractivity contribution in [2.75, 3.05) is 19.0 Å². The van der Waals surface area contributed by atoms with Gasteiger partial charge in [0.15, 0.2) is 6.61 Å². The second kappa shape index (κ2) is 9.08. The Labute approximate surface area is 181 Å². The van der Waals surface area contributed by atoms with Crippen LogP contribution in [0.3, 0.4) is 0 Å². The number of nitrogens with one attached hydrogen (secondary N) is 2. The topological polar surface area (TPSA) is 172 Å². The zero-order valence-corrected chi connectivity index (χ0v) is 17.2. The molecule has 2 atom stereocenters. The number of carboxylic acids is 1. The van der Waals surface area contributed by atoms with Gasteiger partial charge in [0.2, 0.25) is 0 Å². The van der Waals surface area contributed by atoms with Crippen LogP contribution >= 0.6 is 11.8 Å². The molecule has 0 unspecified atom stereocenters. The molecule has 0 saturated carbocycles. The van der Waals surface area contributed by atoms with Crippen molar-refractivity contribution in [3.05, 3.63) is 41.1 Å². The number of hydrogen-bond acceptors (Lipinski definition) is 8. The summed E-state index contributed by atoms with van der Waals surface area (Å²) >= 11 is 1.27. The summed E-state index contributed by atoms with van der Waals surface area (Å²) in [7, 11) is 0. The van der Waals surface area contributed by atoms with Crippen LogP contribution in [0.25, 0.3) is 0 Å². The maximum Gasteiger partial charge on any atom is 0.352 e. The molecule has 12 heteroatoms. The summed E-state index contributed by atoms with van der Waals surface area (Å²) in [5.41, 5.74) is 5.99. The average Bonchev–Trinajstić information content (AvgIpc) is 2.73. The Morgan fingerprint density at radius 3 is 2.58 bits per heavy atom. The van der Waals surface area contributed by atoms with Gasteiger partial charge in [-0.25, -0.2) is 4.79 Å². The van der Waals surface area contributed by atoms with Crippen LogP contribution in [0.1, 0.15) is 12.5 Å². The van der Waals surface area contributed by atoms with Crippen molar-refractivity contribution >= 4 is 41.4 Å². The van der Waals surface area contributed by atoms with Crippen LogP contribution in [-0.2, 0) is 23.9 Å². The van der Waals surface area contributed by atoms with Gasteiger partial charge < -0.3 is 25.6 Å². The third-order valence-corrected chi connectivity index (χ3v) is 5.89. The highest BCUT2D eigenvalue weighted by atomic mass is 32.2. The Kier molecular flexibility index (Phi) is 6.49. The third kappa shape index (κ3) is 4.79. The number of amidine groups is 1. The first kappa shape index (κ1) is 22.2. The highest BCUT2D eigenvalue weighted by Gasteiger charge is 2.54. The summed E-state index contributed by atoms with van der Waals surface area (Å²) in [6.07, 6.45) is 0. The normalized spacial score (nSPS) is 19.8. The Morgan fingerprint density at radius 1 is 1.32 bits per heavy atom. The van der Waals surface area contributed by atoms with Crippen molar-refractivity contribution < 1.29 is 33.8 Å². The van der Waals surface area contributed by atoms with E-state index in [1.807, 2.05) is 0 Å². The van der Waals surface area contributed by atoms with Gasteiger partial charge >= 0.3 is 11.9 Å². The summed E-state index contributed by atoms with van der Waals surface area (Å²) in [6, 6.07) is 5.40. The number of esters is 1. The molecule has 3 rings (SSSR count). The Hall–Kier alpha value is -3.54. The number of amides is 2. The fourth-order valence-corrected chi connectivity index (χ4v) is 4.41. The molecule has 0 aromatic heterocycles. The molecule has 31 heavy (non-hydrogen) atoms. The molecule has 2 amide bonds. The molecule has 2 aliphatic rings. The molecule has 0 bridgehead atoms. The van der Waals surface area contributed by atoms with E-state index in [4.69, 9.17) is 20.6 Å². The average molecular weight is 448 g/mol. The number of β-lactam (4-membered cyclic amide) rings is 1. The Morgan fingerprint density at radius 2 is 2.00 bits per heavy atom. The van der Waals surface area contributed by atoms with Gasteiger partial charge in [0.05, 0.1) is 0 Å². The molecular formula is C19H20N4O7S. The lowest BCUT2D eigenvalue weighted by molar-refractivity contribution is -0.151. The fourth-order valence-electron chi connectivity index (χ4n) is 3.08. The first-order valence-electron chi connectivity index (χ1n) is 9.09. The first-order valence-corrected chi connectivity index (χ1v) is 10.1. The number of carbonyl (C=O) groups excluding carboxylic acids is 3. The van der Waals surface area contributed by atoms with Crippen molar-refractivity contribution in [2.24, 2.45) is 5.73 Å². The molecule has 1 fully saturated rings. The number of ether oxygens (including phenoxy) is 2. The van der Waals surface area contributed by atoms with E-state index in [1.54, 1.807) is 24.3 Å². The Balaban J connectivity index is 1.59. The Bertz CT molecular complexity index is 976. The summed E-state index contributed by atoms with van der Waals surface area (Å²) in [4.78, 5) is 48.5. The first-order chi connectivity index (χ1) is 14.7. The highest BCUT2D eigenvalue weighted by molar-refractivity contribution is 8.00. The fraction of sp³-hybridized carbons (Fsp3) is 0.316. The predicted molar refractivity (Wildman–Crippen MR) is 109 cm³/mol.